The summed E-state index contributed by atoms with van der Waals surface area (Å²) in [5.74, 6) is -3.27. The quantitative estimate of drug-likeness (QED) is 0.503. The number of benzene rings is 1. The number of esters is 1. The third-order valence-corrected chi connectivity index (χ3v) is 3.23. The summed E-state index contributed by atoms with van der Waals surface area (Å²) < 4.78 is 80.2. The van der Waals surface area contributed by atoms with Crippen molar-refractivity contribution < 1.29 is 40.7 Å². The van der Waals surface area contributed by atoms with E-state index in [9.17, 15) is 35.9 Å². The number of ketones is 1. The van der Waals surface area contributed by atoms with Gasteiger partial charge in [0.25, 0.3) is 5.78 Å². The molecule has 1 N–H and O–H groups in total. The number of carbonyl (C=O) groups is 2. The maximum atomic E-state index is 12.7. The molecule has 0 amide bonds. The highest BCUT2D eigenvalue weighted by Gasteiger charge is 2.41. The molecule has 0 saturated heterocycles. The third kappa shape index (κ3) is 3.83. The van der Waals surface area contributed by atoms with Crippen LogP contribution < -0.4 is 0 Å². The van der Waals surface area contributed by atoms with Gasteiger partial charge in [-0.2, -0.15) is 26.3 Å². The van der Waals surface area contributed by atoms with Gasteiger partial charge in [-0.05, 0) is 23.8 Å². The zero-order valence-corrected chi connectivity index (χ0v) is 12.4. The molecular formula is C15H9F6NO3. The van der Waals surface area contributed by atoms with Crippen molar-refractivity contribution in [2.45, 2.75) is 12.4 Å². The van der Waals surface area contributed by atoms with Crippen LogP contribution in [0.15, 0.2) is 30.3 Å². The van der Waals surface area contributed by atoms with E-state index >= 15 is 0 Å². The summed E-state index contributed by atoms with van der Waals surface area (Å²) in [5, 5.41) is 0. The van der Waals surface area contributed by atoms with E-state index < -0.39 is 46.6 Å². The smallest absolute Gasteiger partial charge is 0.454 e. The Bertz CT molecular complexity index is 802. The molecule has 2 aromatic rings. The maximum absolute atomic E-state index is 12.7. The van der Waals surface area contributed by atoms with Crippen LogP contribution in [0.3, 0.4) is 0 Å². The molecule has 0 spiro atoms. The lowest BCUT2D eigenvalue weighted by molar-refractivity contribution is -0.137. The lowest BCUT2D eigenvalue weighted by Gasteiger charge is -2.09. The lowest BCUT2D eigenvalue weighted by Crippen LogP contribution is -2.22. The number of rotatable bonds is 3. The van der Waals surface area contributed by atoms with Gasteiger partial charge in [-0.3, -0.25) is 4.79 Å². The Balaban J connectivity index is 2.57. The summed E-state index contributed by atoms with van der Waals surface area (Å²) in [4.78, 5) is 25.3. The van der Waals surface area contributed by atoms with E-state index in [1.165, 1.54) is 0 Å². The van der Waals surface area contributed by atoms with Crippen LogP contribution in [0.2, 0.25) is 0 Å². The highest BCUT2D eigenvalue weighted by molar-refractivity contribution is 6.07. The molecule has 25 heavy (non-hydrogen) atoms. The fourth-order valence-electron chi connectivity index (χ4n) is 2.06. The van der Waals surface area contributed by atoms with Gasteiger partial charge in [0.1, 0.15) is 5.69 Å². The van der Waals surface area contributed by atoms with Gasteiger partial charge >= 0.3 is 18.3 Å². The molecule has 0 fully saturated rings. The zero-order valence-electron chi connectivity index (χ0n) is 12.4. The number of hydrogen-bond acceptors (Lipinski definition) is 3. The van der Waals surface area contributed by atoms with E-state index in [2.05, 4.69) is 9.72 Å². The molecule has 0 unspecified atom stereocenters. The number of carbonyl (C=O) groups excluding carboxylic acids is 2. The first-order chi connectivity index (χ1) is 11.4. The lowest BCUT2D eigenvalue weighted by atomic mass is 10.0. The molecule has 1 aromatic heterocycles. The van der Waals surface area contributed by atoms with E-state index in [1.54, 1.807) is 0 Å². The number of halogens is 6. The predicted molar refractivity (Wildman–Crippen MR) is 73.0 cm³/mol. The van der Waals surface area contributed by atoms with Crippen molar-refractivity contribution in [2.24, 2.45) is 0 Å². The highest BCUT2D eigenvalue weighted by atomic mass is 19.4. The molecular weight excluding hydrogens is 356 g/mol. The summed E-state index contributed by atoms with van der Waals surface area (Å²) in [7, 11) is 0.978. The molecule has 2 rings (SSSR count). The topological polar surface area (TPSA) is 59.2 Å². The minimum atomic E-state index is -5.23. The van der Waals surface area contributed by atoms with Crippen LogP contribution in [0.25, 0.3) is 11.3 Å². The minimum Gasteiger partial charge on any atom is -0.464 e. The molecule has 0 saturated carbocycles. The Morgan fingerprint density at radius 2 is 1.56 bits per heavy atom. The van der Waals surface area contributed by atoms with E-state index in [0.717, 1.165) is 19.2 Å². The van der Waals surface area contributed by atoms with Crippen molar-refractivity contribution in [3.05, 3.63) is 47.2 Å². The van der Waals surface area contributed by atoms with E-state index in [0.29, 0.717) is 18.2 Å². The van der Waals surface area contributed by atoms with Crippen molar-refractivity contribution in [2.75, 3.05) is 7.11 Å². The maximum Gasteiger partial charge on any atom is 0.454 e. The highest BCUT2D eigenvalue weighted by Crippen LogP contribution is 2.33. The summed E-state index contributed by atoms with van der Waals surface area (Å²) in [6, 6.07) is 3.73. The average Bonchev–Trinajstić information content (AvgIpc) is 2.96. The fourth-order valence-corrected chi connectivity index (χ4v) is 2.06. The van der Waals surface area contributed by atoms with Crippen LogP contribution in [-0.2, 0) is 10.9 Å². The van der Waals surface area contributed by atoms with Gasteiger partial charge in [0.05, 0.1) is 23.9 Å². The van der Waals surface area contributed by atoms with Gasteiger partial charge in [-0.25, -0.2) is 4.79 Å². The number of Topliss-reactive ketones (excluding diaryl/α,β-unsaturated/α-hetero) is 1. The first-order valence-corrected chi connectivity index (χ1v) is 6.55. The van der Waals surface area contributed by atoms with Gasteiger partial charge in [0.2, 0.25) is 0 Å². The first kappa shape index (κ1) is 18.6. The van der Waals surface area contributed by atoms with Gasteiger partial charge < -0.3 is 9.72 Å². The molecule has 10 heteroatoms. The van der Waals surface area contributed by atoms with Crippen molar-refractivity contribution in [1.29, 1.82) is 0 Å². The summed E-state index contributed by atoms with van der Waals surface area (Å²) in [6.45, 7) is 0. The molecule has 0 aliphatic carbocycles. The number of ether oxygens (including phenoxy) is 1. The number of aromatic nitrogens is 1. The van der Waals surface area contributed by atoms with Crippen molar-refractivity contribution in [3.63, 3.8) is 0 Å². The number of nitrogens with one attached hydrogen (secondary N) is 1. The van der Waals surface area contributed by atoms with Gasteiger partial charge in [-0.15, -0.1) is 0 Å². The molecule has 0 bridgehead atoms. The monoisotopic (exact) mass is 365 g/mol. The molecule has 1 heterocycles. The molecule has 134 valence electrons. The molecule has 1 aromatic carbocycles. The van der Waals surface area contributed by atoms with Gasteiger partial charge in [-0.1, -0.05) is 12.1 Å². The fraction of sp³-hybridized carbons (Fsp3) is 0.200. The van der Waals surface area contributed by atoms with Crippen molar-refractivity contribution in [1.82, 2.24) is 4.98 Å². The standard InChI is InChI=1S/C15H9F6NO3/c1-25-13(24)10-6-9(12(23)15(19,20)21)11(22-10)7-2-4-8(5-3-7)14(16,17)18/h2-6,22H,1H3. The number of H-pyrrole nitrogens is 1. The van der Waals surface area contributed by atoms with E-state index in [-0.39, 0.29) is 5.56 Å². The molecule has 0 aliphatic heterocycles. The Morgan fingerprint density at radius 3 is 2.00 bits per heavy atom. The van der Waals surface area contributed by atoms with E-state index in [1.807, 2.05) is 0 Å². The Labute approximate surface area is 136 Å². The second-order valence-corrected chi connectivity index (χ2v) is 4.87. The van der Waals surface area contributed by atoms with Crippen LogP contribution in [0.4, 0.5) is 26.3 Å². The number of hydrogen-bond donors (Lipinski definition) is 1. The number of methoxy groups -OCH3 is 1. The molecule has 0 aliphatic rings. The van der Waals surface area contributed by atoms with Crippen molar-refractivity contribution >= 4 is 11.8 Å². The summed E-state index contributed by atoms with van der Waals surface area (Å²) >= 11 is 0. The van der Waals surface area contributed by atoms with Crippen LogP contribution in [0, 0.1) is 0 Å². The molecule has 0 atom stereocenters. The van der Waals surface area contributed by atoms with Crippen molar-refractivity contribution in [3.8, 4) is 11.3 Å². The third-order valence-electron chi connectivity index (χ3n) is 3.23. The van der Waals surface area contributed by atoms with Crippen LogP contribution in [0.1, 0.15) is 26.4 Å². The number of aromatic amines is 1. The summed E-state index contributed by atoms with van der Waals surface area (Å²) in [5.41, 5.74) is -2.91. The van der Waals surface area contributed by atoms with Crippen LogP contribution in [0.5, 0.6) is 0 Å². The van der Waals surface area contributed by atoms with Crippen LogP contribution in [-0.4, -0.2) is 30.0 Å². The van der Waals surface area contributed by atoms with Crippen LogP contribution >= 0.6 is 0 Å². The normalized spacial score (nSPS) is 12.1. The Kier molecular flexibility index (Phi) is 4.65. The second-order valence-electron chi connectivity index (χ2n) is 4.87. The van der Waals surface area contributed by atoms with Gasteiger partial charge in [0.15, 0.2) is 0 Å². The average molecular weight is 365 g/mol. The SMILES string of the molecule is COC(=O)c1cc(C(=O)C(F)(F)F)c(-c2ccc(C(F)(F)F)cc2)[nH]1. The molecule has 4 nitrogen and oxygen atoms in total. The Hall–Kier alpha value is -2.78. The largest absolute Gasteiger partial charge is 0.464 e. The zero-order chi connectivity index (χ0) is 19.0. The second kappa shape index (κ2) is 6.26. The summed E-state index contributed by atoms with van der Waals surface area (Å²) in [6.07, 6.45) is -9.85. The minimum absolute atomic E-state index is 0.129. The van der Waals surface area contributed by atoms with Gasteiger partial charge in [0, 0.05) is 0 Å². The van der Waals surface area contributed by atoms with E-state index in [4.69, 9.17) is 0 Å². The molecule has 0 radical (unpaired) electrons. The predicted octanol–water partition coefficient (Wildman–Crippen LogP) is 4.23. The number of alkyl halides is 6. The Morgan fingerprint density at radius 1 is 1.00 bits per heavy atom. The first-order valence-electron chi connectivity index (χ1n) is 6.55.